The van der Waals surface area contributed by atoms with Crippen LogP contribution < -0.4 is 5.32 Å². The lowest BCUT2D eigenvalue weighted by Crippen LogP contribution is -2.46. The average molecular weight is 560 g/mol. The average Bonchev–Trinajstić information content (AvgIpc) is 3.41. The van der Waals surface area contributed by atoms with Crippen molar-refractivity contribution in [3.8, 4) is 0 Å². The molecule has 0 aliphatic heterocycles. The normalized spacial score (nSPS) is 13.9. The van der Waals surface area contributed by atoms with Crippen molar-refractivity contribution in [2.45, 2.75) is 73.3 Å². The number of imidazole rings is 1. The zero-order chi connectivity index (χ0) is 30.3. The van der Waals surface area contributed by atoms with E-state index in [-0.39, 0.29) is 36.7 Å². The van der Waals surface area contributed by atoms with E-state index in [9.17, 15) is 24.0 Å². The largest absolute Gasteiger partial charge is 0.346 e. The molecule has 1 amide bonds. The topological polar surface area (TPSA) is 126 Å². The lowest BCUT2D eigenvalue weighted by Gasteiger charge is -2.30. The van der Waals surface area contributed by atoms with E-state index in [1.54, 1.807) is 19.1 Å². The smallest absolute Gasteiger partial charge is 0.224 e. The zero-order valence-corrected chi connectivity index (χ0v) is 24.8. The molecule has 3 atom stereocenters. The monoisotopic (exact) mass is 559 g/mol. The van der Waals surface area contributed by atoms with E-state index in [2.05, 4.69) is 15.3 Å². The molecule has 0 saturated heterocycles. The van der Waals surface area contributed by atoms with Crippen LogP contribution in [0.25, 0.3) is 11.0 Å². The van der Waals surface area contributed by atoms with Crippen molar-refractivity contribution in [1.29, 1.82) is 0 Å². The molecule has 0 bridgehead atoms. The SMILES string of the molecule is CC(C)[C@H](CC(=O)[C@H](C)NC(=O)[C@@H](CC(=O)c1cccc2[nH]cnc12)C(C)(C)C)C(=O)C(=O)CCc1ccccc1. The summed E-state index contributed by atoms with van der Waals surface area (Å²) in [5, 5.41) is 2.78. The molecule has 0 saturated carbocycles. The van der Waals surface area contributed by atoms with Gasteiger partial charge in [-0.25, -0.2) is 4.98 Å². The highest BCUT2D eigenvalue weighted by Crippen LogP contribution is 2.31. The number of ketones is 4. The zero-order valence-electron chi connectivity index (χ0n) is 24.8. The molecule has 0 unspecified atom stereocenters. The summed E-state index contributed by atoms with van der Waals surface area (Å²) in [5.74, 6) is -3.69. The van der Waals surface area contributed by atoms with Crippen molar-refractivity contribution in [3.05, 3.63) is 66.0 Å². The van der Waals surface area contributed by atoms with Crippen LogP contribution in [0.3, 0.4) is 0 Å². The van der Waals surface area contributed by atoms with Crippen molar-refractivity contribution in [2.75, 3.05) is 0 Å². The Labute approximate surface area is 241 Å². The minimum Gasteiger partial charge on any atom is -0.346 e. The second-order valence-corrected chi connectivity index (χ2v) is 12.2. The summed E-state index contributed by atoms with van der Waals surface area (Å²) >= 11 is 0. The minimum absolute atomic E-state index is 0.0504. The van der Waals surface area contributed by atoms with Crippen LogP contribution in [0.2, 0.25) is 0 Å². The molecule has 41 heavy (non-hydrogen) atoms. The number of fused-ring (bicyclic) bond motifs is 1. The molecule has 0 aliphatic carbocycles. The molecule has 3 rings (SSSR count). The Morgan fingerprint density at radius 1 is 0.902 bits per heavy atom. The van der Waals surface area contributed by atoms with Gasteiger partial charge in [0.15, 0.2) is 17.3 Å². The van der Waals surface area contributed by atoms with Gasteiger partial charge in [0, 0.05) is 30.7 Å². The van der Waals surface area contributed by atoms with E-state index in [1.165, 1.54) is 6.33 Å². The lowest BCUT2D eigenvalue weighted by molar-refractivity contribution is -0.141. The van der Waals surface area contributed by atoms with Crippen molar-refractivity contribution >= 4 is 40.1 Å². The molecular formula is C33H41N3O5. The van der Waals surface area contributed by atoms with Gasteiger partial charge in [-0.3, -0.25) is 24.0 Å². The number of aryl methyl sites for hydroxylation is 1. The Morgan fingerprint density at radius 3 is 2.22 bits per heavy atom. The number of Topliss-reactive ketones (excluding diaryl/α,β-unsaturated/α-hetero) is 4. The summed E-state index contributed by atoms with van der Waals surface area (Å²) in [7, 11) is 0. The predicted octanol–water partition coefficient (Wildman–Crippen LogP) is 5.31. The fourth-order valence-corrected chi connectivity index (χ4v) is 4.93. The Kier molecular flexibility index (Phi) is 10.5. The van der Waals surface area contributed by atoms with Crippen LogP contribution in [0, 0.1) is 23.2 Å². The maximum atomic E-state index is 13.4. The first kappa shape index (κ1) is 31.6. The molecule has 1 aromatic heterocycles. The highest BCUT2D eigenvalue weighted by molar-refractivity contribution is 6.38. The molecule has 218 valence electrons. The second kappa shape index (κ2) is 13.6. The number of amides is 1. The molecule has 8 heteroatoms. The number of para-hydroxylation sites is 1. The third-order valence-electron chi connectivity index (χ3n) is 7.66. The van der Waals surface area contributed by atoms with Gasteiger partial charge < -0.3 is 10.3 Å². The lowest BCUT2D eigenvalue weighted by atomic mass is 9.76. The fraction of sp³-hybridized carbons (Fsp3) is 0.455. The Balaban J connectivity index is 1.64. The van der Waals surface area contributed by atoms with E-state index in [0.717, 1.165) is 11.1 Å². The van der Waals surface area contributed by atoms with E-state index >= 15 is 0 Å². The number of aromatic nitrogens is 2. The molecule has 0 radical (unpaired) electrons. The van der Waals surface area contributed by atoms with Crippen molar-refractivity contribution < 1.29 is 24.0 Å². The van der Waals surface area contributed by atoms with E-state index in [4.69, 9.17) is 0 Å². The molecule has 0 fully saturated rings. The number of nitrogens with zero attached hydrogens (tertiary/aromatic N) is 1. The molecular weight excluding hydrogens is 518 g/mol. The van der Waals surface area contributed by atoms with Crippen molar-refractivity contribution in [3.63, 3.8) is 0 Å². The maximum Gasteiger partial charge on any atom is 0.224 e. The van der Waals surface area contributed by atoms with Gasteiger partial charge in [0.25, 0.3) is 0 Å². The number of benzene rings is 2. The molecule has 2 N–H and O–H groups in total. The summed E-state index contributed by atoms with van der Waals surface area (Å²) in [6, 6.07) is 13.9. The van der Waals surface area contributed by atoms with Gasteiger partial charge >= 0.3 is 0 Å². The number of carbonyl (C=O) groups is 5. The maximum absolute atomic E-state index is 13.4. The molecule has 0 spiro atoms. The third-order valence-corrected chi connectivity index (χ3v) is 7.66. The first-order chi connectivity index (χ1) is 19.3. The minimum atomic E-state index is -0.884. The van der Waals surface area contributed by atoms with Gasteiger partial charge in [0.2, 0.25) is 11.7 Å². The number of aromatic amines is 1. The van der Waals surface area contributed by atoms with Gasteiger partial charge in [0.05, 0.1) is 29.3 Å². The van der Waals surface area contributed by atoms with Crippen LogP contribution in [0.4, 0.5) is 0 Å². The second-order valence-electron chi connectivity index (χ2n) is 12.2. The summed E-state index contributed by atoms with van der Waals surface area (Å²) in [6.45, 7) is 10.8. The van der Waals surface area contributed by atoms with Crippen LogP contribution in [0.1, 0.15) is 76.7 Å². The number of rotatable bonds is 14. The molecule has 2 aromatic carbocycles. The standard InChI is InChI=1S/C33H41N3O5/c1-20(2)24(31(40)27(37)16-15-22-11-8-7-9-12-22)17-28(38)21(3)36-32(41)25(33(4,5)6)18-29(39)23-13-10-14-26-30(23)35-19-34-26/h7-14,19-21,24-25H,15-18H2,1-6H3,(H,34,35)(H,36,41)/t21-,24-,25+/m0/s1. The first-order valence-corrected chi connectivity index (χ1v) is 14.2. The highest BCUT2D eigenvalue weighted by Gasteiger charge is 2.36. The fourth-order valence-electron chi connectivity index (χ4n) is 4.93. The van der Waals surface area contributed by atoms with E-state index in [1.807, 2.05) is 71.0 Å². The number of hydrogen-bond acceptors (Lipinski definition) is 6. The van der Waals surface area contributed by atoms with Gasteiger partial charge in [-0.1, -0.05) is 71.0 Å². The summed E-state index contributed by atoms with van der Waals surface area (Å²) in [4.78, 5) is 72.8. The van der Waals surface area contributed by atoms with E-state index < -0.39 is 40.8 Å². The van der Waals surface area contributed by atoms with Crippen molar-refractivity contribution in [2.24, 2.45) is 23.2 Å². The van der Waals surface area contributed by atoms with Crippen LogP contribution in [0.15, 0.2) is 54.9 Å². The number of H-pyrrole nitrogens is 1. The molecule has 0 aliphatic rings. The van der Waals surface area contributed by atoms with Gasteiger partial charge in [-0.05, 0) is 42.4 Å². The van der Waals surface area contributed by atoms with E-state index in [0.29, 0.717) is 17.5 Å². The number of hydrogen-bond donors (Lipinski definition) is 2. The summed E-state index contributed by atoms with van der Waals surface area (Å²) < 4.78 is 0. The van der Waals surface area contributed by atoms with Crippen LogP contribution in [0.5, 0.6) is 0 Å². The van der Waals surface area contributed by atoms with Crippen LogP contribution in [-0.4, -0.2) is 45.0 Å². The quantitative estimate of drug-likeness (QED) is 0.204. The summed E-state index contributed by atoms with van der Waals surface area (Å²) in [6.07, 6.45) is 1.87. The molecule has 8 nitrogen and oxygen atoms in total. The molecule has 3 aromatic rings. The first-order valence-electron chi connectivity index (χ1n) is 14.2. The van der Waals surface area contributed by atoms with Gasteiger partial charge in [-0.2, -0.15) is 0 Å². The van der Waals surface area contributed by atoms with Gasteiger partial charge in [0.1, 0.15) is 0 Å². The Morgan fingerprint density at radius 2 is 1.59 bits per heavy atom. The third kappa shape index (κ3) is 8.28. The van der Waals surface area contributed by atoms with Crippen molar-refractivity contribution in [1.82, 2.24) is 15.3 Å². The number of nitrogens with one attached hydrogen (secondary N) is 2. The summed E-state index contributed by atoms with van der Waals surface area (Å²) in [5.41, 5.74) is 2.13. The van der Waals surface area contributed by atoms with Gasteiger partial charge in [-0.15, -0.1) is 0 Å². The van der Waals surface area contributed by atoms with Crippen LogP contribution >= 0.6 is 0 Å². The van der Waals surface area contributed by atoms with Crippen LogP contribution in [-0.2, 0) is 25.6 Å². The highest BCUT2D eigenvalue weighted by atomic mass is 16.2. The Bertz CT molecular complexity index is 1400. The molecule has 1 heterocycles. The Hall–Kier alpha value is -3.94. The number of carbonyl (C=O) groups excluding carboxylic acids is 5. The predicted molar refractivity (Wildman–Crippen MR) is 158 cm³/mol.